The Morgan fingerprint density at radius 2 is 1.83 bits per heavy atom. The number of primary amides is 1. The predicted molar refractivity (Wildman–Crippen MR) is 48.5 cm³/mol. The van der Waals surface area contributed by atoms with E-state index in [9.17, 15) is 4.79 Å². The van der Waals surface area contributed by atoms with E-state index >= 15 is 0 Å². The molecular formula is C8H13N3O. The Morgan fingerprint density at radius 3 is 2.08 bits per heavy atom. The van der Waals surface area contributed by atoms with E-state index in [2.05, 4.69) is 6.58 Å². The average Bonchev–Trinajstić information content (AvgIpc) is 2.03. The molecule has 0 spiro atoms. The van der Waals surface area contributed by atoms with E-state index < -0.39 is 5.91 Å². The van der Waals surface area contributed by atoms with E-state index in [-0.39, 0.29) is 11.3 Å². The zero-order valence-corrected chi connectivity index (χ0v) is 7.00. The van der Waals surface area contributed by atoms with Crippen LogP contribution in [0.3, 0.4) is 0 Å². The highest BCUT2D eigenvalue weighted by molar-refractivity contribution is 5.96. The van der Waals surface area contributed by atoms with E-state index in [1.165, 1.54) is 6.08 Å². The molecule has 0 aromatic heterocycles. The van der Waals surface area contributed by atoms with Crippen molar-refractivity contribution in [3.8, 4) is 0 Å². The molecule has 0 rings (SSSR count). The van der Waals surface area contributed by atoms with Crippen molar-refractivity contribution >= 4 is 5.91 Å². The van der Waals surface area contributed by atoms with Gasteiger partial charge in [-0.3, -0.25) is 4.79 Å². The minimum Gasteiger partial charge on any atom is -0.397 e. The van der Waals surface area contributed by atoms with Crippen molar-refractivity contribution in [3.63, 3.8) is 0 Å². The zero-order chi connectivity index (χ0) is 9.72. The van der Waals surface area contributed by atoms with Crippen LogP contribution in [0.2, 0.25) is 0 Å². The molecule has 66 valence electrons. The summed E-state index contributed by atoms with van der Waals surface area (Å²) < 4.78 is 0. The Kier molecular flexibility index (Phi) is 3.62. The molecule has 0 saturated carbocycles. The second-order valence-corrected chi connectivity index (χ2v) is 2.14. The summed E-state index contributed by atoms with van der Waals surface area (Å²) >= 11 is 0. The van der Waals surface area contributed by atoms with Crippen LogP contribution in [0.25, 0.3) is 0 Å². The summed E-state index contributed by atoms with van der Waals surface area (Å²) in [4.78, 5) is 10.7. The quantitative estimate of drug-likeness (QED) is 0.399. The summed E-state index contributed by atoms with van der Waals surface area (Å²) in [7, 11) is 0. The van der Waals surface area contributed by atoms with Crippen molar-refractivity contribution in [2.75, 3.05) is 0 Å². The highest BCUT2D eigenvalue weighted by Crippen LogP contribution is 2.04. The van der Waals surface area contributed by atoms with Gasteiger partial charge in [-0.05, 0) is 6.92 Å². The molecule has 0 aromatic rings. The first-order valence-corrected chi connectivity index (χ1v) is 3.38. The molecular weight excluding hydrogens is 154 g/mol. The van der Waals surface area contributed by atoms with Crippen LogP contribution < -0.4 is 17.2 Å². The molecule has 0 aliphatic carbocycles. The summed E-state index contributed by atoms with van der Waals surface area (Å²) in [6.45, 7) is 5.11. The zero-order valence-electron chi connectivity index (χ0n) is 7.00. The first kappa shape index (κ1) is 10.3. The van der Waals surface area contributed by atoms with Crippen molar-refractivity contribution < 1.29 is 4.79 Å². The minimum atomic E-state index is -0.632. The monoisotopic (exact) mass is 167 g/mol. The van der Waals surface area contributed by atoms with Gasteiger partial charge in [-0.25, -0.2) is 0 Å². The molecule has 4 nitrogen and oxygen atoms in total. The van der Waals surface area contributed by atoms with Crippen LogP contribution in [0.4, 0.5) is 0 Å². The van der Waals surface area contributed by atoms with E-state index in [1.807, 2.05) is 0 Å². The number of carbonyl (C=O) groups excluding carboxylic acids is 1. The topological polar surface area (TPSA) is 95.1 Å². The maximum Gasteiger partial charge on any atom is 0.250 e. The van der Waals surface area contributed by atoms with Gasteiger partial charge in [0.25, 0.3) is 5.91 Å². The van der Waals surface area contributed by atoms with Gasteiger partial charge in [0.2, 0.25) is 0 Å². The first-order chi connectivity index (χ1) is 5.54. The average molecular weight is 167 g/mol. The summed E-state index contributed by atoms with van der Waals surface area (Å²) in [5, 5.41) is 0. The Balaban J connectivity index is 5.12. The molecule has 0 aliphatic rings. The van der Waals surface area contributed by atoms with Gasteiger partial charge in [-0.1, -0.05) is 18.7 Å². The van der Waals surface area contributed by atoms with Crippen LogP contribution in [-0.2, 0) is 4.79 Å². The van der Waals surface area contributed by atoms with Crippen LogP contribution in [0, 0.1) is 0 Å². The summed E-state index contributed by atoms with van der Waals surface area (Å²) in [5.41, 5.74) is 16.6. The normalized spacial score (nSPS) is 13.6. The summed E-state index contributed by atoms with van der Waals surface area (Å²) in [6, 6.07) is 0. The molecule has 0 heterocycles. The van der Waals surface area contributed by atoms with E-state index in [4.69, 9.17) is 17.2 Å². The fraction of sp³-hybridized carbons (Fsp3) is 0.125. The van der Waals surface area contributed by atoms with Gasteiger partial charge in [0.1, 0.15) is 0 Å². The standard InChI is InChI=1S/C8H13N3O/c1-3-5(8(11)12)7(10)6(9)4-2/h3-4H,1,9-10H2,2H3,(H2,11,12)/b6-4+,7-5-. The molecule has 0 atom stereocenters. The predicted octanol–water partition coefficient (Wildman–Crippen LogP) is -0.267. The largest absolute Gasteiger partial charge is 0.397 e. The third kappa shape index (κ3) is 2.16. The van der Waals surface area contributed by atoms with E-state index in [0.717, 1.165) is 0 Å². The fourth-order valence-electron chi connectivity index (χ4n) is 0.654. The van der Waals surface area contributed by atoms with Crippen molar-refractivity contribution in [3.05, 3.63) is 35.7 Å². The van der Waals surface area contributed by atoms with E-state index in [1.54, 1.807) is 13.0 Å². The molecule has 0 bridgehead atoms. The highest BCUT2D eigenvalue weighted by Gasteiger charge is 2.06. The molecule has 0 aromatic carbocycles. The van der Waals surface area contributed by atoms with Crippen LogP contribution in [-0.4, -0.2) is 5.91 Å². The lowest BCUT2D eigenvalue weighted by atomic mass is 10.1. The molecule has 4 heteroatoms. The number of hydrogen-bond acceptors (Lipinski definition) is 3. The van der Waals surface area contributed by atoms with Gasteiger partial charge in [0, 0.05) is 0 Å². The Morgan fingerprint density at radius 1 is 1.33 bits per heavy atom. The van der Waals surface area contributed by atoms with Gasteiger partial charge < -0.3 is 17.2 Å². The van der Waals surface area contributed by atoms with Crippen molar-refractivity contribution in [2.24, 2.45) is 17.2 Å². The third-order valence-electron chi connectivity index (χ3n) is 1.38. The van der Waals surface area contributed by atoms with Crippen LogP contribution >= 0.6 is 0 Å². The molecule has 0 radical (unpaired) electrons. The lowest BCUT2D eigenvalue weighted by Gasteiger charge is -2.04. The number of amides is 1. The van der Waals surface area contributed by atoms with Crippen molar-refractivity contribution in [1.82, 2.24) is 0 Å². The number of rotatable bonds is 3. The molecule has 0 saturated heterocycles. The van der Waals surface area contributed by atoms with Gasteiger partial charge >= 0.3 is 0 Å². The van der Waals surface area contributed by atoms with Crippen LogP contribution in [0.15, 0.2) is 35.7 Å². The first-order valence-electron chi connectivity index (χ1n) is 3.38. The maximum absolute atomic E-state index is 10.7. The summed E-state index contributed by atoms with van der Waals surface area (Å²) in [5.74, 6) is -0.632. The van der Waals surface area contributed by atoms with Gasteiger partial charge in [-0.2, -0.15) is 0 Å². The molecule has 0 unspecified atom stereocenters. The lowest BCUT2D eigenvalue weighted by molar-refractivity contribution is -0.114. The third-order valence-corrected chi connectivity index (χ3v) is 1.38. The highest BCUT2D eigenvalue weighted by atomic mass is 16.1. The van der Waals surface area contributed by atoms with E-state index in [0.29, 0.717) is 5.70 Å². The molecule has 12 heavy (non-hydrogen) atoms. The van der Waals surface area contributed by atoms with Gasteiger partial charge in [-0.15, -0.1) is 0 Å². The maximum atomic E-state index is 10.7. The number of allylic oxidation sites excluding steroid dienone is 1. The lowest BCUT2D eigenvalue weighted by Crippen LogP contribution is -2.20. The second kappa shape index (κ2) is 4.23. The Hall–Kier alpha value is -1.71. The molecule has 0 fully saturated rings. The molecule has 6 N–H and O–H groups in total. The molecule has 1 amide bonds. The Labute approximate surface area is 71.4 Å². The summed E-state index contributed by atoms with van der Waals surface area (Å²) in [6.07, 6.45) is 2.87. The Bertz CT molecular complexity index is 263. The fourth-order valence-corrected chi connectivity index (χ4v) is 0.654. The number of nitrogens with two attached hydrogens (primary N) is 3. The smallest absolute Gasteiger partial charge is 0.250 e. The van der Waals surface area contributed by atoms with Crippen molar-refractivity contribution in [2.45, 2.75) is 6.92 Å². The molecule has 0 aliphatic heterocycles. The van der Waals surface area contributed by atoms with Crippen LogP contribution in [0.5, 0.6) is 0 Å². The van der Waals surface area contributed by atoms with Gasteiger partial charge in [0.15, 0.2) is 0 Å². The SMILES string of the molecule is C=C/C(C(N)=O)=C(N)\C(N)=C/C. The number of hydrogen-bond donors (Lipinski definition) is 3. The second-order valence-electron chi connectivity index (χ2n) is 2.14. The van der Waals surface area contributed by atoms with Crippen LogP contribution in [0.1, 0.15) is 6.92 Å². The number of carbonyl (C=O) groups is 1. The minimum absolute atomic E-state index is 0.144. The van der Waals surface area contributed by atoms with Crippen molar-refractivity contribution in [1.29, 1.82) is 0 Å². The van der Waals surface area contributed by atoms with Gasteiger partial charge in [0.05, 0.1) is 17.0 Å².